The second-order valence-corrected chi connectivity index (χ2v) is 4.58. The molecule has 3 nitrogen and oxygen atoms in total. The summed E-state index contributed by atoms with van der Waals surface area (Å²) in [6, 6.07) is 18.3. The molecule has 0 aliphatic carbocycles. The molecule has 0 aliphatic rings. The van der Waals surface area contributed by atoms with Gasteiger partial charge in [0.05, 0.1) is 17.2 Å². The van der Waals surface area contributed by atoms with Crippen LogP contribution in [-0.2, 0) is 6.42 Å². The topological polar surface area (TPSA) is 61.1 Å². The molecule has 0 atom stereocenters. The predicted molar refractivity (Wildman–Crippen MR) is 83.2 cm³/mol. The zero-order valence-corrected chi connectivity index (χ0v) is 12.1. The Morgan fingerprint density at radius 2 is 1.71 bits per heavy atom. The van der Waals surface area contributed by atoms with Crippen LogP contribution in [0.1, 0.15) is 41.3 Å². The average Bonchev–Trinajstić information content (AvgIpc) is 2.54. The minimum absolute atomic E-state index is 0.361. The SMILES string of the molecule is CCCCc1ccc(C(=O)O)cc1.N#Cc1ccccc1. The standard InChI is InChI=1S/C11H14O2.C7H5N/c1-2-3-4-9-5-7-10(8-6-9)11(12)13;8-6-7-4-2-1-3-5-7/h5-8H,2-4H2,1H3,(H,12,13);1-5H. The molecule has 0 aliphatic heterocycles. The Hall–Kier alpha value is -2.60. The second-order valence-electron chi connectivity index (χ2n) is 4.58. The molecule has 21 heavy (non-hydrogen) atoms. The van der Waals surface area contributed by atoms with E-state index in [4.69, 9.17) is 10.4 Å². The van der Waals surface area contributed by atoms with Crippen molar-refractivity contribution in [2.75, 3.05) is 0 Å². The van der Waals surface area contributed by atoms with Crippen LogP contribution in [0.3, 0.4) is 0 Å². The van der Waals surface area contributed by atoms with Crippen molar-refractivity contribution in [3.8, 4) is 6.07 Å². The van der Waals surface area contributed by atoms with Gasteiger partial charge in [-0.25, -0.2) is 4.79 Å². The summed E-state index contributed by atoms with van der Waals surface area (Å²) < 4.78 is 0. The van der Waals surface area contributed by atoms with Crippen LogP contribution < -0.4 is 0 Å². The number of rotatable bonds is 4. The third-order valence-corrected chi connectivity index (χ3v) is 2.92. The highest BCUT2D eigenvalue weighted by Gasteiger charge is 2.00. The number of nitrogens with zero attached hydrogens (tertiary/aromatic N) is 1. The Labute approximate surface area is 125 Å². The van der Waals surface area contributed by atoms with E-state index in [1.54, 1.807) is 24.3 Å². The van der Waals surface area contributed by atoms with Gasteiger partial charge in [0.15, 0.2) is 0 Å². The van der Waals surface area contributed by atoms with E-state index in [1.807, 2.05) is 36.4 Å². The van der Waals surface area contributed by atoms with Gasteiger partial charge in [0.25, 0.3) is 0 Å². The first-order chi connectivity index (χ1) is 10.2. The maximum Gasteiger partial charge on any atom is 0.335 e. The smallest absolute Gasteiger partial charge is 0.335 e. The van der Waals surface area contributed by atoms with Crippen molar-refractivity contribution in [2.24, 2.45) is 0 Å². The van der Waals surface area contributed by atoms with Crippen molar-refractivity contribution >= 4 is 5.97 Å². The van der Waals surface area contributed by atoms with Gasteiger partial charge in [-0.1, -0.05) is 43.7 Å². The molecule has 0 spiro atoms. The zero-order valence-electron chi connectivity index (χ0n) is 12.1. The van der Waals surface area contributed by atoms with E-state index in [9.17, 15) is 4.79 Å². The number of carboxylic acids is 1. The van der Waals surface area contributed by atoms with Crippen LogP contribution in [0.4, 0.5) is 0 Å². The molecule has 0 saturated heterocycles. The third kappa shape index (κ3) is 6.40. The number of unbranched alkanes of at least 4 members (excludes halogenated alkanes) is 1. The molecule has 2 aromatic carbocycles. The second kappa shape index (κ2) is 9.33. The summed E-state index contributed by atoms with van der Waals surface area (Å²) in [7, 11) is 0. The van der Waals surface area contributed by atoms with Gasteiger partial charge in [0, 0.05) is 0 Å². The van der Waals surface area contributed by atoms with Gasteiger partial charge in [-0.2, -0.15) is 5.26 Å². The van der Waals surface area contributed by atoms with Gasteiger partial charge in [-0.15, -0.1) is 0 Å². The maximum atomic E-state index is 10.5. The first-order valence-corrected chi connectivity index (χ1v) is 6.94. The average molecular weight is 281 g/mol. The molecule has 0 heterocycles. The summed E-state index contributed by atoms with van der Waals surface area (Å²) in [6.45, 7) is 2.14. The van der Waals surface area contributed by atoms with E-state index in [2.05, 4.69) is 6.92 Å². The summed E-state index contributed by atoms with van der Waals surface area (Å²) in [5.41, 5.74) is 2.29. The van der Waals surface area contributed by atoms with Crippen LogP contribution in [0.25, 0.3) is 0 Å². The molecule has 0 aromatic heterocycles. The quantitative estimate of drug-likeness (QED) is 0.909. The lowest BCUT2D eigenvalue weighted by Gasteiger charge is -1.99. The minimum Gasteiger partial charge on any atom is -0.478 e. The molecular weight excluding hydrogens is 262 g/mol. The number of carbonyl (C=O) groups is 1. The molecule has 1 N–H and O–H groups in total. The molecular formula is C18H19NO2. The molecule has 0 fully saturated rings. The number of carboxylic acid groups (broad SMARTS) is 1. The highest BCUT2D eigenvalue weighted by molar-refractivity contribution is 5.87. The highest BCUT2D eigenvalue weighted by Crippen LogP contribution is 2.07. The fourth-order valence-electron chi connectivity index (χ4n) is 1.71. The van der Waals surface area contributed by atoms with E-state index < -0.39 is 5.97 Å². The third-order valence-electron chi connectivity index (χ3n) is 2.92. The number of benzene rings is 2. The number of hydrogen-bond acceptors (Lipinski definition) is 2. The maximum absolute atomic E-state index is 10.5. The van der Waals surface area contributed by atoms with Crippen molar-refractivity contribution in [1.82, 2.24) is 0 Å². The van der Waals surface area contributed by atoms with Crippen LogP contribution in [0.5, 0.6) is 0 Å². The summed E-state index contributed by atoms with van der Waals surface area (Å²) in [6.07, 6.45) is 3.36. The first kappa shape index (κ1) is 16.5. The monoisotopic (exact) mass is 281 g/mol. The lowest BCUT2D eigenvalue weighted by atomic mass is 10.1. The number of nitriles is 1. The normalized spacial score (nSPS) is 9.14. The van der Waals surface area contributed by atoms with E-state index in [-0.39, 0.29) is 0 Å². The summed E-state index contributed by atoms with van der Waals surface area (Å²) >= 11 is 0. The lowest BCUT2D eigenvalue weighted by molar-refractivity contribution is 0.0697. The summed E-state index contributed by atoms with van der Waals surface area (Å²) in [5, 5.41) is 16.9. The van der Waals surface area contributed by atoms with Gasteiger partial charge in [-0.05, 0) is 42.7 Å². The van der Waals surface area contributed by atoms with Gasteiger partial charge >= 0.3 is 5.97 Å². The van der Waals surface area contributed by atoms with Gasteiger partial charge in [0.2, 0.25) is 0 Å². The van der Waals surface area contributed by atoms with Crippen molar-refractivity contribution in [3.63, 3.8) is 0 Å². The largest absolute Gasteiger partial charge is 0.478 e. The van der Waals surface area contributed by atoms with Gasteiger partial charge in [-0.3, -0.25) is 0 Å². The Kier molecular flexibility index (Phi) is 7.31. The van der Waals surface area contributed by atoms with Crippen molar-refractivity contribution in [1.29, 1.82) is 5.26 Å². The number of aryl methyl sites for hydroxylation is 1. The molecule has 0 amide bonds. The summed E-state index contributed by atoms with van der Waals surface area (Å²) in [5.74, 6) is -0.859. The number of aromatic carboxylic acids is 1. The Balaban J connectivity index is 0.000000235. The van der Waals surface area contributed by atoms with E-state index in [0.717, 1.165) is 12.8 Å². The van der Waals surface area contributed by atoms with Crippen LogP contribution in [0, 0.1) is 11.3 Å². The molecule has 2 aromatic rings. The Bertz CT molecular complexity index is 583. The molecule has 3 heteroatoms. The van der Waals surface area contributed by atoms with Crippen LogP contribution >= 0.6 is 0 Å². The molecule has 0 radical (unpaired) electrons. The van der Waals surface area contributed by atoms with Crippen LogP contribution in [0.15, 0.2) is 54.6 Å². The minimum atomic E-state index is -0.859. The van der Waals surface area contributed by atoms with Crippen molar-refractivity contribution < 1.29 is 9.90 Å². The zero-order chi connectivity index (χ0) is 15.5. The molecule has 2 rings (SSSR count). The Morgan fingerprint density at radius 1 is 1.10 bits per heavy atom. The fourth-order valence-corrected chi connectivity index (χ4v) is 1.71. The van der Waals surface area contributed by atoms with Crippen LogP contribution in [0.2, 0.25) is 0 Å². The van der Waals surface area contributed by atoms with E-state index in [1.165, 1.54) is 12.0 Å². The fraction of sp³-hybridized carbons (Fsp3) is 0.222. The van der Waals surface area contributed by atoms with Crippen molar-refractivity contribution in [3.05, 3.63) is 71.3 Å². The van der Waals surface area contributed by atoms with Gasteiger partial charge in [0.1, 0.15) is 0 Å². The first-order valence-electron chi connectivity index (χ1n) is 6.94. The van der Waals surface area contributed by atoms with E-state index in [0.29, 0.717) is 11.1 Å². The van der Waals surface area contributed by atoms with Crippen molar-refractivity contribution in [2.45, 2.75) is 26.2 Å². The number of hydrogen-bond donors (Lipinski definition) is 1. The van der Waals surface area contributed by atoms with E-state index >= 15 is 0 Å². The molecule has 0 saturated carbocycles. The lowest BCUT2D eigenvalue weighted by Crippen LogP contribution is -1.95. The molecule has 0 unspecified atom stereocenters. The summed E-state index contributed by atoms with van der Waals surface area (Å²) in [4.78, 5) is 10.5. The van der Waals surface area contributed by atoms with Gasteiger partial charge < -0.3 is 5.11 Å². The predicted octanol–water partition coefficient (Wildman–Crippen LogP) is 4.29. The van der Waals surface area contributed by atoms with Crippen LogP contribution in [-0.4, -0.2) is 11.1 Å². The highest BCUT2D eigenvalue weighted by atomic mass is 16.4. The molecule has 0 bridgehead atoms. The molecule has 108 valence electrons. The Morgan fingerprint density at radius 3 is 2.14 bits per heavy atom.